The third kappa shape index (κ3) is 2.10. The minimum absolute atomic E-state index is 0.131. The van der Waals surface area contributed by atoms with E-state index >= 15 is 0 Å². The van der Waals surface area contributed by atoms with E-state index in [9.17, 15) is 4.79 Å². The highest BCUT2D eigenvalue weighted by Crippen LogP contribution is 2.17. The number of pyridine rings is 1. The number of nitrogens with one attached hydrogen (secondary N) is 2. The molecule has 0 unspecified atom stereocenters. The Morgan fingerprint density at radius 1 is 1.47 bits per heavy atom. The van der Waals surface area contributed by atoms with Gasteiger partial charge >= 0.3 is 0 Å². The van der Waals surface area contributed by atoms with Gasteiger partial charge in [0, 0.05) is 6.20 Å². The molecule has 0 aromatic carbocycles. The summed E-state index contributed by atoms with van der Waals surface area (Å²) in [6.45, 7) is 0.158. The topological polar surface area (TPSA) is 66.4 Å². The van der Waals surface area contributed by atoms with E-state index in [0.717, 1.165) is 10.6 Å². The highest BCUT2D eigenvalue weighted by molar-refractivity contribution is 7.98. The Morgan fingerprint density at radius 3 is 3.00 bits per heavy atom. The van der Waals surface area contributed by atoms with Crippen LogP contribution in [-0.2, 0) is 4.79 Å². The normalized spacial score (nSPS) is 15.3. The molecule has 78 valence electrons. The van der Waals surface area contributed by atoms with Crippen molar-refractivity contribution in [2.75, 3.05) is 12.8 Å². The van der Waals surface area contributed by atoms with Crippen LogP contribution in [0, 0.1) is 0 Å². The van der Waals surface area contributed by atoms with Gasteiger partial charge in [0.2, 0.25) is 0 Å². The molecule has 2 heterocycles. The number of hydrazine groups is 1. The van der Waals surface area contributed by atoms with Crippen LogP contribution < -0.4 is 10.9 Å². The number of aromatic nitrogens is 1. The molecule has 0 aliphatic carbocycles. The van der Waals surface area contributed by atoms with E-state index in [1.165, 1.54) is 0 Å². The van der Waals surface area contributed by atoms with Gasteiger partial charge in [-0.2, -0.15) is 0 Å². The van der Waals surface area contributed by atoms with Crippen molar-refractivity contribution < 1.29 is 4.79 Å². The molecule has 0 saturated heterocycles. The Hall–Kier alpha value is -1.56. The van der Waals surface area contributed by atoms with E-state index in [1.807, 2.05) is 18.4 Å². The summed E-state index contributed by atoms with van der Waals surface area (Å²) in [4.78, 5) is 19.2. The lowest BCUT2D eigenvalue weighted by Crippen LogP contribution is -2.47. The Labute approximate surface area is 91.4 Å². The van der Waals surface area contributed by atoms with Gasteiger partial charge in [0.05, 0.1) is 5.56 Å². The molecule has 2 rings (SSSR count). The van der Waals surface area contributed by atoms with Gasteiger partial charge in [0.15, 0.2) is 0 Å². The van der Waals surface area contributed by atoms with Crippen LogP contribution in [0.2, 0.25) is 0 Å². The van der Waals surface area contributed by atoms with Crippen LogP contribution in [0.1, 0.15) is 5.56 Å². The second kappa shape index (κ2) is 4.31. The van der Waals surface area contributed by atoms with Crippen molar-refractivity contribution in [3.05, 3.63) is 23.9 Å². The van der Waals surface area contributed by atoms with Crippen molar-refractivity contribution in [3.8, 4) is 0 Å². The van der Waals surface area contributed by atoms with Gasteiger partial charge in [-0.05, 0) is 18.4 Å². The molecule has 0 bridgehead atoms. The quantitative estimate of drug-likeness (QED) is 0.701. The Balaban J connectivity index is 2.33. The van der Waals surface area contributed by atoms with Gasteiger partial charge in [-0.15, -0.1) is 11.8 Å². The predicted octanol–water partition coefficient (Wildman–Crippen LogP) is 0.184. The fraction of sp³-hybridized carbons (Fsp3) is 0.222. The largest absolute Gasteiger partial charge is 0.282 e. The van der Waals surface area contributed by atoms with Crippen LogP contribution in [0.25, 0.3) is 0 Å². The molecular weight excluding hydrogens is 212 g/mol. The van der Waals surface area contributed by atoms with Crippen molar-refractivity contribution in [2.45, 2.75) is 5.03 Å². The maximum atomic E-state index is 10.9. The molecule has 15 heavy (non-hydrogen) atoms. The summed E-state index contributed by atoms with van der Waals surface area (Å²) in [7, 11) is 0. The summed E-state index contributed by atoms with van der Waals surface area (Å²) in [6.07, 6.45) is 3.69. The molecule has 0 saturated carbocycles. The molecule has 2 N–H and O–H groups in total. The van der Waals surface area contributed by atoms with Crippen molar-refractivity contribution in [2.24, 2.45) is 4.99 Å². The van der Waals surface area contributed by atoms with Gasteiger partial charge in [0.1, 0.15) is 17.4 Å². The maximum Gasteiger partial charge on any atom is 0.260 e. The van der Waals surface area contributed by atoms with Crippen LogP contribution in [0.4, 0.5) is 0 Å². The third-order valence-electron chi connectivity index (χ3n) is 1.92. The van der Waals surface area contributed by atoms with Gasteiger partial charge in [-0.1, -0.05) is 0 Å². The predicted molar refractivity (Wildman–Crippen MR) is 58.7 cm³/mol. The van der Waals surface area contributed by atoms with Gasteiger partial charge in [0.25, 0.3) is 5.91 Å². The lowest BCUT2D eigenvalue weighted by atomic mass is 10.2. The van der Waals surface area contributed by atoms with Crippen LogP contribution in [0.5, 0.6) is 0 Å². The van der Waals surface area contributed by atoms with Crippen molar-refractivity contribution in [1.82, 2.24) is 15.8 Å². The van der Waals surface area contributed by atoms with Crippen LogP contribution >= 0.6 is 11.8 Å². The summed E-state index contributed by atoms with van der Waals surface area (Å²) in [5.41, 5.74) is 6.19. The molecule has 0 radical (unpaired) electrons. The van der Waals surface area contributed by atoms with E-state index in [2.05, 4.69) is 20.8 Å². The SMILES string of the molecule is CSc1ncccc1C1=NCC(=O)NN1. The van der Waals surface area contributed by atoms with E-state index < -0.39 is 0 Å². The molecule has 1 aliphatic rings. The molecule has 1 aromatic rings. The van der Waals surface area contributed by atoms with Gasteiger partial charge in [-0.25, -0.2) is 4.98 Å². The molecule has 0 atom stereocenters. The van der Waals surface area contributed by atoms with Crippen LogP contribution in [-0.4, -0.2) is 29.5 Å². The molecular formula is C9H10N4OS. The Morgan fingerprint density at radius 2 is 2.33 bits per heavy atom. The summed E-state index contributed by atoms with van der Waals surface area (Å²) in [5.74, 6) is 0.528. The van der Waals surface area contributed by atoms with E-state index in [0.29, 0.717) is 5.84 Å². The number of nitrogens with zero attached hydrogens (tertiary/aromatic N) is 2. The smallest absolute Gasteiger partial charge is 0.260 e. The third-order valence-corrected chi connectivity index (χ3v) is 2.63. The summed E-state index contributed by atoms with van der Waals surface area (Å²) in [5, 5.41) is 0.889. The first kappa shape index (κ1) is 9.97. The van der Waals surface area contributed by atoms with Crippen molar-refractivity contribution >= 4 is 23.5 Å². The number of hydrogen-bond acceptors (Lipinski definition) is 5. The average Bonchev–Trinajstić information content (AvgIpc) is 2.30. The first-order valence-corrected chi connectivity index (χ1v) is 5.62. The van der Waals surface area contributed by atoms with Crippen molar-refractivity contribution in [3.63, 3.8) is 0 Å². The zero-order valence-electron chi connectivity index (χ0n) is 8.15. The number of amides is 1. The molecule has 1 aromatic heterocycles. The minimum Gasteiger partial charge on any atom is -0.282 e. The standard InChI is InChI=1S/C9H10N4OS/c1-15-9-6(3-2-4-10-9)8-11-5-7(14)12-13-8/h2-4H,5H2,1H3,(H,11,13)(H,12,14). The first-order valence-electron chi connectivity index (χ1n) is 4.40. The second-order valence-electron chi connectivity index (χ2n) is 2.90. The number of thioether (sulfide) groups is 1. The lowest BCUT2D eigenvalue weighted by Gasteiger charge is -2.16. The highest BCUT2D eigenvalue weighted by atomic mass is 32.2. The van der Waals surface area contributed by atoms with Gasteiger partial charge in [-0.3, -0.25) is 20.6 Å². The van der Waals surface area contributed by atoms with Gasteiger partial charge < -0.3 is 0 Å². The molecule has 0 fully saturated rings. The van der Waals surface area contributed by atoms with Crippen LogP contribution in [0.15, 0.2) is 28.3 Å². The number of rotatable bonds is 2. The second-order valence-corrected chi connectivity index (χ2v) is 3.69. The fourth-order valence-electron chi connectivity index (χ4n) is 1.25. The Kier molecular flexibility index (Phi) is 2.86. The van der Waals surface area contributed by atoms with Crippen LogP contribution in [0.3, 0.4) is 0 Å². The molecule has 0 spiro atoms. The zero-order chi connectivity index (χ0) is 10.7. The number of hydrogen-bond donors (Lipinski definition) is 2. The maximum absolute atomic E-state index is 10.9. The molecule has 1 amide bonds. The summed E-state index contributed by atoms with van der Waals surface area (Å²) < 4.78 is 0. The highest BCUT2D eigenvalue weighted by Gasteiger charge is 2.14. The molecule has 6 heteroatoms. The summed E-state index contributed by atoms with van der Waals surface area (Å²) >= 11 is 1.55. The average molecular weight is 222 g/mol. The first-order chi connectivity index (χ1) is 7.31. The van der Waals surface area contributed by atoms with E-state index in [4.69, 9.17) is 0 Å². The minimum atomic E-state index is -0.131. The number of amidine groups is 1. The van der Waals surface area contributed by atoms with E-state index in [1.54, 1.807) is 18.0 Å². The monoisotopic (exact) mass is 222 g/mol. The molecule has 1 aliphatic heterocycles. The number of carbonyl (C=O) groups excluding carboxylic acids is 1. The van der Waals surface area contributed by atoms with E-state index in [-0.39, 0.29) is 12.5 Å². The number of carbonyl (C=O) groups is 1. The zero-order valence-corrected chi connectivity index (χ0v) is 8.97. The number of aliphatic imine (C=N–C) groups is 1. The molecule has 5 nitrogen and oxygen atoms in total. The summed E-state index contributed by atoms with van der Waals surface area (Å²) in [6, 6.07) is 3.76. The van der Waals surface area contributed by atoms with Crippen molar-refractivity contribution in [1.29, 1.82) is 0 Å². The fourth-order valence-corrected chi connectivity index (χ4v) is 1.80. The Bertz CT molecular complexity index is 418. The lowest BCUT2D eigenvalue weighted by molar-refractivity contribution is -0.120.